The van der Waals surface area contributed by atoms with Crippen molar-refractivity contribution in [2.75, 3.05) is 0 Å². The summed E-state index contributed by atoms with van der Waals surface area (Å²) in [5, 5.41) is 3.16. The quantitative estimate of drug-likeness (QED) is 0.554. The molecule has 0 nitrogen and oxygen atoms in total. The molecule has 0 N–H and O–H groups in total. The molecule has 1 heteroatoms. The normalized spacial score (nSPS) is 13.9. The van der Waals surface area contributed by atoms with Crippen LogP contribution in [0.2, 0.25) is 6.04 Å². The van der Waals surface area contributed by atoms with Crippen molar-refractivity contribution in [3.63, 3.8) is 0 Å². The number of rotatable bonds is 2. The van der Waals surface area contributed by atoms with E-state index in [0.29, 0.717) is 0 Å². The van der Waals surface area contributed by atoms with Gasteiger partial charge in [0.1, 0.15) is 8.80 Å². The second kappa shape index (κ2) is 4.34. The largest absolute Gasteiger partial charge is 0.126 e. The first-order valence-corrected chi connectivity index (χ1v) is 7.74. The molecule has 1 aliphatic rings. The van der Waals surface area contributed by atoms with Crippen LogP contribution in [-0.4, -0.2) is 8.80 Å². The Morgan fingerprint density at radius 1 is 0.941 bits per heavy atom. The topological polar surface area (TPSA) is 0 Å². The molecule has 0 saturated carbocycles. The molecule has 17 heavy (non-hydrogen) atoms. The lowest BCUT2D eigenvalue weighted by Crippen LogP contribution is -2.48. The van der Waals surface area contributed by atoms with Crippen LogP contribution < -0.4 is 10.4 Å². The third-order valence-corrected chi connectivity index (χ3v) is 6.39. The van der Waals surface area contributed by atoms with E-state index in [2.05, 4.69) is 61.2 Å². The molecule has 0 saturated heterocycles. The minimum absolute atomic E-state index is 0.631. The number of hydrogen-bond acceptors (Lipinski definition) is 0. The van der Waals surface area contributed by atoms with Gasteiger partial charge < -0.3 is 0 Å². The highest BCUT2D eigenvalue weighted by atomic mass is 28.3. The number of allylic oxidation sites excluding steroid dienone is 1. The molecule has 0 atom stereocenters. The second-order valence-electron chi connectivity index (χ2n) is 4.46. The number of benzene rings is 2. The molecule has 0 unspecified atom stereocenters. The first-order valence-electron chi connectivity index (χ1n) is 6.03. The zero-order valence-corrected chi connectivity index (χ0v) is 10.8. The minimum atomic E-state index is -0.631. The molecule has 2 aromatic rings. The molecule has 1 aliphatic heterocycles. The minimum Gasteiger partial charge on any atom is -0.103 e. The van der Waals surface area contributed by atoms with Gasteiger partial charge in [0.2, 0.25) is 0 Å². The van der Waals surface area contributed by atoms with Gasteiger partial charge in [0.25, 0.3) is 0 Å². The van der Waals surface area contributed by atoms with Gasteiger partial charge in [0, 0.05) is 0 Å². The third kappa shape index (κ3) is 1.77. The van der Waals surface area contributed by atoms with E-state index in [4.69, 9.17) is 0 Å². The van der Waals surface area contributed by atoms with Gasteiger partial charge in [-0.25, -0.2) is 0 Å². The van der Waals surface area contributed by atoms with Crippen molar-refractivity contribution < 1.29 is 0 Å². The van der Waals surface area contributed by atoms with Crippen LogP contribution in [0.3, 0.4) is 0 Å². The van der Waals surface area contributed by atoms with Crippen molar-refractivity contribution in [1.29, 1.82) is 0 Å². The van der Waals surface area contributed by atoms with Crippen LogP contribution in [-0.2, 0) is 6.42 Å². The van der Waals surface area contributed by atoms with Gasteiger partial charge in [-0.3, -0.25) is 0 Å². The fraction of sp³-hybridized carbons (Fsp3) is 0.125. The second-order valence-corrected chi connectivity index (χ2v) is 6.91. The lowest BCUT2D eigenvalue weighted by molar-refractivity contribution is 1.20. The van der Waals surface area contributed by atoms with Gasteiger partial charge in [-0.05, 0) is 23.6 Å². The van der Waals surface area contributed by atoms with Gasteiger partial charge in [-0.2, -0.15) is 0 Å². The van der Waals surface area contributed by atoms with Crippen molar-refractivity contribution >= 4 is 19.2 Å². The van der Waals surface area contributed by atoms with Crippen LogP contribution in [0, 0.1) is 0 Å². The van der Waals surface area contributed by atoms with E-state index >= 15 is 0 Å². The third-order valence-electron chi connectivity index (χ3n) is 3.41. The molecule has 0 amide bonds. The number of hydrogen-bond donors (Lipinski definition) is 0. The first-order chi connectivity index (χ1) is 8.40. The molecule has 0 aliphatic carbocycles. The van der Waals surface area contributed by atoms with Crippen LogP contribution in [0.1, 0.15) is 11.1 Å². The molecule has 83 valence electrons. The fourth-order valence-corrected chi connectivity index (χ4v) is 5.38. The highest BCUT2D eigenvalue weighted by Gasteiger charge is 2.25. The maximum Gasteiger partial charge on any atom is 0.126 e. The fourth-order valence-electron chi connectivity index (χ4n) is 2.65. The highest BCUT2D eigenvalue weighted by molar-refractivity contribution is 6.86. The summed E-state index contributed by atoms with van der Waals surface area (Å²) in [6.45, 7) is 3.93. The SMILES string of the molecule is C=CC[Si]1c2ccccc2Cc2ccccc21. The summed E-state index contributed by atoms with van der Waals surface area (Å²) < 4.78 is 0. The van der Waals surface area contributed by atoms with Crippen LogP contribution in [0.4, 0.5) is 0 Å². The summed E-state index contributed by atoms with van der Waals surface area (Å²) in [4.78, 5) is 0. The van der Waals surface area contributed by atoms with Crippen LogP contribution >= 0.6 is 0 Å². The van der Waals surface area contributed by atoms with Crippen LogP contribution in [0.25, 0.3) is 0 Å². The molecular formula is C16H15Si. The lowest BCUT2D eigenvalue weighted by Gasteiger charge is -2.26. The van der Waals surface area contributed by atoms with E-state index in [1.165, 1.54) is 11.1 Å². The van der Waals surface area contributed by atoms with Crippen molar-refractivity contribution in [3.05, 3.63) is 72.3 Å². The van der Waals surface area contributed by atoms with E-state index < -0.39 is 8.80 Å². The molecule has 1 heterocycles. The van der Waals surface area contributed by atoms with Gasteiger partial charge in [-0.1, -0.05) is 65.0 Å². The molecule has 1 radical (unpaired) electrons. The Balaban J connectivity index is 2.16. The molecule has 0 fully saturated rings. The van der Waals surface area contributed by atoms with Crippen LogP contribution in [0.5, 0.6) is 0 Å². The van der Waals surface area contributed by atoms with Crippen molar-refractivity contribution in [1.82, 2.24) is 0 Å². The van der Waals surface area contributed by atoms with E-state index in [9.17, 15) is 0 Å². The van der Waals surface area contributed by atoms with E-state index in [1.54, 1.807) is 10.4 Å². The van der Waals surface area contributed by atoms with Crippen molar-refractivity contribution in [2.45, 2.75) is 12.5 Å². The van der Waals surface area contributed by atoms with Gasteiger partial charge in [0.05, 0.1) is 0 Å². The Morgan fingerprint density at radius 2 is 1.47 bits per heavy atom. The van der Waals surface area contributed by atoms with E-state index in [-0.39, 0.29) is 0 Å². The van der Waals surface area contributed by atoms with Gasteiger partial charge in [0.15, 0.2) is 0 Å². The van der Waals surface area contributed by atoms with E-state index in [0.717, 1.165) is 12.5 Å². The van der Waals surface area contributed by atoms with E-state index in [1.807, 2.05) is 0 Å². The van der Waals surface area contributed by atoms with Gasteiger partial charge in [-0.15, -0.1) is 6.58 Å². The Bertz CT molecular complexity index is 511. The molecular weight excluding hydrogens is 220 g/mol. The first kappa shape index (κ1) is 10.5. The summed E-state index contributed by atoms with van der Waals surface area (Å²) in [5.74, 6) is 0. The number of fused-ring (bicyclic) bond motifs is 2. The Kier molecular flexibility index (Phi) is 2.69. The standard InChI is InChI=1S/C16H15Si/c1-2-11-17-15-9-5-3-7-13(15)12-14-8-4-6-10-16(14)17/h2-10H,1,11-12H2. The molecule has 0 spiro atoms. The summed E-state index contributed by atoms with van der Waals surface area (Å²) >= 11 is 0. The zero-order chi connectivity index (χ0) is 11.7. The Hall–Kier alpha value is -1.60. The molecule has 0 bridgehead atoms. The predicted octanol–water partition coefficient (Wildman–Crippen LogP) is 2.39. The van der Waals surface area contributed by atoms with Crippen molar-refractivity contribution in [2.24, 2.45) is 0 Å². The van der Waals surface area contributed by atoms with Crippen LogP contribution in [0.15, 0.2) is 61.2 Å². The maximum atomic E-state index is 3.93. The average molecular weight is 235 g/mol. The van der Waals surface area contributed by atoms with Gasteiger partial charge >= 0.3 is 0 Å². The molecule has 2 aromatic carbocycles. The maximum absolute atomic E-state index is 3.93. The smallest absolute Gasteiger partial charge is 0.103 e. The summed E-state index contributed by atoms with van der Waals surface area (Å²) in [6.07, 6.45) is 3.17. The summed E-state index contributed by atoms with van der Waals surface area (Å²) in [7, 11) is -0.631. The van der Waals surface area contributed by atoms with Crippen molar-refractivity contribution in [3.8, 4) is 0 Å². The summed E-state index contributed by atoms with van der Waals surface area (Å²) in [5.41, 5.74) is 3.03. The molecule has 3 rings (SSSR count). The predicted molar refractivity (Wildman–Crippen MR) is 75.7 cm³/mol. The highest BCUT2D eigenvalue weighted by Crippen LogP contribution is 2.15. The average Bonchev–Trinajstić information content (AvgIpc) is 2.39. The lowest BCUT2D eigenvalue weighted by atomic mass is 10.0. The Morgan fingerprint density at radius 3 is 2.00 bits per heavy atom. The zero-order valence-electron chi connectivity index (χ0n) is 9.82. The Labute approximate surface area is 104 Å². The molecule has 0 aromatic heterocycles. The monoisotopic (exact) mass is 235 g/mol. The summed E-state index contributed by atoms with van der Waals surface area (Å²) in [6, 6.07) is 18.9.